The van der Waals surface area contributed by atoms with E-state index in [1.54, 1.807) is 12.1 Å². The highest BCUT2D eigenvalue weighted by Crippen LogP contribution is 2.29. The Morgan fingerprint density at radius 3 is 2.74 bits per heavy atom. The van der Waals surface area contributed by atoms with Crippen LogP contribution in [0.5, 0.6) is 5.75 Å². The minimum Gasteiger partial charge on any atom is -0.494 e. The molecule has 1 aliphatic carbocycles. The number of ether oxygens (including phenoxy) is 1. The molecule has 0 radical (unpaired) electrons. The Bertz CT molecular complexity index is 427. The van der Waals surface area contributed by atoms with Crippen molar-refractivity contribution in [1.29, 1.82) is 0 Å². The monoisotopic (exact) mass is 329 g/mol. The Labute approximate surface area is 123 Å². The first-order valence-corrected chi connectivity index (χ1v) is 7.70. The number of methoxy groups -OCH3 is 1. The third kappa shape index (κ3) is 3.69. The van der Waals surface area contributed by atoms with Crippen molar-refractivity contribution in [3.05, 3.63) is 29.6 Å². The molecule has 0 spiro atoms. The van der Waals surface area contributed by atoms with Gasteiger partial charge in [-0.15, -0.1) is 0 Å². The zero-order chi connectivity index (χ0) is 13.8. The van der Waals surface area contributed by atoms with Gasteiger partial charge in [0, 0.05) is 17.4 Å². The summed E-state index contributed by atoms with van der Waals surface area (Å²) in [6, 6.07) is 5.75. The normalized spacial score (nSPS) is 23.6. The van der Waals surface area contributed by atoms with Crippen molar-refractivity contribution in [3.63, 3.8) is 0 Å². The van der Waals surface area contributed by atoms with Crippen LogP contribution in [0.15, 0.2) is 18.2 Å². The van der Waals surface area contributed by atoms with E-state index in [0.29, 0.717) is 16.6 Å². The maximum atomic E-state index is 13.7. The predicted molar refractivity (Wildman–Crippen MR) is 79.4 cm³/mol. The molecule has 1 aromatic carbocycles. The summed E-state index contributed by atoms with van der Waals surface area (Å²) in [5.74, 6) is 0.0230. The molecule has 19 heavy (non-hydrogen) atoms. The lowest BCUT2D eigenvalue weighted by molar-refractivity contribution is 0.192. The molecule has 1 aromatic rings. The van der Waals surface area contributed by atoms with Crippen molar-refractivity contribution in [2.75, 3.05) is 14.2 Å². The van der Waals surface area contributed by atoms with Gasteiger partial charge in [-0.25, -0.2) is 4.39 Å². The van der Waals surface area contributed by atoms with Gasteiger partial charge in [0.25, 0.3) is 0 Å². The first-order valence-electron chi connectivity index (χ1n) is 6.78. The molecule has 2 atom stereocenters. The standard InChI is InChI=1S/C15H21BrFNO/c1-18(14-6-4-3-5-12(14)16)10-11-7-8-15(19-2)13(17)9-11/h7-9,12,14H,3-6,10H2,1-2H3. The van der Waals surface area contributed by atoms with Crippen LogP contribution in [0.25, 0.3) is 0 Å². The highest BCUT2D eigenvalue weighted by molar-refractivity contribution is 9.09. The van der Waals surface area contributed by atoms with Crippen LogP contribution >= 0.6 is 15.9 Å². The molecule has 1 saturated carbocycles. The predicted octanol–water partition coefficient (Wildman–Crippen LogP) is 3.97. The van der Waals surface area contributed by atoms with E-state index in [4.69, 9.17) is 4.74 Å². The van der Waals surface area contributed by atoms with Crippen molar-refractivity contribution in [2.24, 2.45) is 0 Å². The highest BCUT2D eigenvalue weighted by atomic mass is 79.9. The number of hydrogen-bond acceptors (Lipinski definition) is 2. The lowest BCUT2D eigenvalue weighted by Crippen LogP contribution is -2.40. The van der Waals surface area contributed by atoms with Gasteiger partial charge in [0.1, 0.15) is 0 Å². The molecule has 4 heteroatoms. The van der Waals surface area contributed by atoms with Crippen LogP contribution in [0.4, 0.5) is 4.39 Å². The third-order valence-electron chi connectivity index (χ3n) is 3.86. The van der Waals surface area contributed by atoms with Gasteiger partial charge in [-0.05, 0) is 37.6 Å². The number of benzene rings is 1. The molecule has 2 nitrogen and oxygen atoms in total. The molecular formula is C15H21BrFNO. The van der Waals surface area contributed by atoms with E-state index < -0.39 is 0 Å². The van der Waals surface area contributed by atoms with E-state index in [1.807, 2.05) is 6.07 Å². The smallest absolute Gasteiger partial charge is 0.165 e. The number of halogens is 2. The third-order valence-corrected chi connectivity index (χ3v) is 4.93. The number of rotatable bonds is 4. The summed E-state index contributed by atoms with van der Waals surface area (Å²) in [6.45, 7) is 0.772. The van der Waals surface area contributed by atoms with Gasteiger partial charge in [0.15, 0.2) is 11.6 Å². The summed E-state index contributed by atoms with van der Waals surface area (Å²) in [7, 11) is 3.61. The van der Waals surface area contributed by atoms with E-state index >= 15 is 0 Å². The molecule has 0 amide bonds. The van der Waals surface area contributed by atoms with Crippen molar-refractivity contribution in [1.82, 2.24) is 4.90 Å². The minimum atomic E-state index is -0.285. The second-order valence-corrected chi connectivity index (χ2v) is 6.43. The van der Waals surface area contributed by atoms with E-state index in [9.17, 15) is 4.39 Å². The number of alkyl halides is 1. The Kier molecular flexibility index (Phi) is 5.22. The van der Waals surface area contributed by atoms with Gasteiger partial charge in [0.2, 0.25) is 0 Å². The summed E-state index contributed by atoms with van der Waals surface area (Å²) in [4.78, 5) is 2.87. The minimum absolute atomic E-state index is 0.285. The topological polar surface area (TPSA) is 12.5 Å². The summed E-state index contributed by atoms with van der Waals surface area (Å²) < 4.78 is 18.6. The fourth-order valence-electron chi connectivity index (χ4n) is 2.78. The van der Waals surface area contributed by atoms with Crippen LogP contribution in [0.2, 0.25) is 0 Å². The van der Waals surface area contributed by atoms with E-state index in [-0.39, 0.29) is 5.82 Å². The maximum Gasteiger partial charge on any atom is 0.165 e. The largest absolute Gasteiger partial charge is 0.494 e. The van der Waals surface area contributed by atoms with Crippen LogP contribution in [0.1, 0.15) is 31.2 Å². The molecule has 1 aliphatic rings. The first kappa shape index (κ1) is 14.8. The van der Waals surface area contributed by atoms with Crippen LogP contribution < -0.4 is 4.74 Å². The van der Waals surface area contributed by atoms with Crippen molar-refractivity contribution >= 4 is 15.9 Å². The SMILES string of the molecule is COc1ccc(CN(C)C2CCCCC2Br)cc1F. The van der Waals surface area contributed by atoms with Crippen LogP contribution in [-0.2, 0) is 6.54 Å². The maximum absolute atomic E-state index is 13.7. The van der Waals surface area contributed by atoms with Gasteiger partial charge in [0.05, 0.1) is 7.11 Å². The molecule has 2 unspecified atom stereocenters. The van der Waals surface area contributed by atoms with Gasteiger partial charge >= 0.3 is 0 Å². The molecule has 2 rings (SSSR count). The number of nitrogens with zero attached hydrogens (tertiary/aromatic N) is 1. The van der Waals surface area contributed by atoms with E-state index in [1.165, 1.54) is 32.8 Å². The van der Waals surface area contributed by atoms with Crippen molar-refractivity contribution in [2.45, 2.75) is 43.1 Å². The number of hydrogen-bond donors (Lipinski definition) is 0. The van der Waals surface area contributed by atoms with Gasteiger partial charge in [-0.1, -0.05) is 34.8 Å². The van der Waals surface area contributed by atoms with Crippen molar-refractivity contribution < 1.29 is 9.13 Å². The van der Waals surface area contributed by atoms with E-state index in [2.05, 4.69) is 27.9 Å². The Morgan fingerprint density at radius 2 is 2.11 bits per heavy atom. The Balaban J connectivity index is 2.01. The van der Waals surface area contributed by atoms with E-state index in [0.717, 1.165) is 12.1 Å². The van der Waals surface area contributed by atoms with Crippen LogP contribution in [0.3, 0.4) is 0 Å². The molecule has 1 fully saturated rings. The van der Waals surface area contributed by atoms with Crippen LogP contribution in [-0.4, -0.2) is 29.9 Å². The summed E-state index contributed by atoms with van der Waals surface area (Å²) in [5, 5.41) is 0. The first-order chi connectivity index (χ1) is 9.11. The van der Waals surface area contributed by atoms with Crippen LogP contribution in [0, 0.1) is 5.82 Å². The average Bonchev–Trinajstić information content (AvgIpc) is 2.39. The molecule has 0 aliphatic heterocycles. The van der Waals surface area contributed by atoms with Crippen molar-refractivity contribution in [3.8, 4) is 5.75 Å². The molecule has 0 aromatic heterocycles. The average molecular weight is 330 g/mol. The highest BCUT2D eigenvalue weighted by Gasteiger charge is 2.26. The zero-order valence-electron chi connectivity index (χ0n) is 11.5. The fraction of sp³-hybridized carbons (Fsp3) is 0.600. The molecule has 0 bridgehead atoms. The summed E-state index contributed by atoms with van der Waals surface area (Å²) >= 11 is 3.77. The van der Waals surface area contributed by atoms with Gasteiger partial charge < -0.3 is 4.74 Å². The Hall–Kier alpha value is -0.610. The summed E-state index contributed by atoms with van der Waals surface area (Å²) in [5.41, 5.74) is 0.992. The van der Waals surface area contributed by atoms with Gasteiger partial charge in [-0.3, -0.25) is 4.90 Å². The molecule has 106 valence electrons. The lowest BCUT2D eigenvalue weighted by atomic mass is 9.94. The Morgan fingerprint density at radius 1 is 1.37 bits per heavy atom. The lowest BCUT2D eigenvalue weighted by Gasteiger charge is -2.35. The molecule has 0 N–H and O–H groups in total. The molecular weight excluding hydrogens is 309 g/mol. The zero-order valence-corrected chi connectivity index (χ0v) is 13.1. The summed E-state index contributed by atoms with van der Waals surface area (Å²) in [6.07, 6.45) is 5.03. The quantitative estimate of drug-likeness (QED) is 0.775. The molecule has 0 heterocycles. The fourth-order valence-corrected chi connectivity index (χ4v) is 3.77. The molecule has 0 saturated heterocycles. The van der Waals surface area contributed by atoms with Gasteiger partial charge in [-0.2, -0.15) is 0 Å². The second-order valence-electron chi connectivity index (χ2n) is 5.25. The second kappa shape index (κ2) is 6.71.